The van der Waals surface area contributed by atoms with Crippen LogP contribution in [0.25, 0.3) is 0 Å². The van der Waals surface area contributed by atoms with Crippen molar-refractivity contribution in [2.75, 3.05) is 19.0 Å². The number of rotatable bonds is 2. The molecule has 108 valence electrons. The zero-order valence-electron chi connectivity index (χ0n) is 10.2. The molecule has 2 heterocycles. The summed E-state index contributed by atoms with van der Waals surface area (Å²) in [6, 6.07) is 0. The number of nitrogens with zero attached hydrogens (tertiary/aromatic N) is 2. The number of piperidine rings is 1. The number of amides is 1. The fourth-order valence-electron chi connectivity index (χ4n) is 2.34. The molecule has 1 amide bonds. The Morgan fingerprint density at radius 1 is 1.42 bits per heavy atom. The van der Waals surface area contributed by atoms with E-state index >= 15 is 0 Å². The van der Waals surface area contributed by atoms with Crippen molar-refractivity contribution in [1.29, 1.82) is 0 Å². The molecule has 0 aromatic carbocycles. The predicted molar refractivity (Wildman–Crippen MR) is 63.1 cm³/mol. The SMILES string of the molecule is O=C(CCCl)N1CCC2(CC1)CC(C(F)(F)F)=NO2. The molecule has 2 aliphatic rings. The molecule has 0 aromatic rings. The Morgan fingerprint density at radius 2 is 2.05 bits per heavy atom. The maximum Gasteiger partial charge on any atom is 0.432 e. The molecule has 1 saturated heterocycles. The van der Waals surface area contributed by atoms with Gasteiger partial charge in [-0.2, -0.15) is 13.2 Å². The Bertz CT molecular complexity index is 390. The van der Waals surface area contributed by atoms with Crippen LogP contribution in [-0.4, -0.2) is 47.3 Å². The summed E-state index contributed by atoms with van der Waals surface area (Å²) in [6.07, 6.45) is -3.68. The molecule has 0 N–H and O–H groups in total. The van der Waals surface area contributed by atoms with Gasteiger partial charge in [-0.15, -0.1) is 11.6 Å². The van der Waals surface area contributed by atoms with E-state index in [-0.39, 0.29) is 24.6 Å². The largest absolute Gasteiger partial charge is 0.432 e. The highest BCUT2D eigenvalue weighted by Gasteiger charge is 2.50. The van der Waals surface area contributed by atoms with Gasteiger partial charge in [-0.05, 0) is 0 Å². The maximum atomic E-state index is 12.5. The van der Waals surface area contributed by atoms with Gasteiger partial charge in [0.1, 0.15) is 5.60 Å². The summed E-state index contributed by atoms with van der Waals surface area (Å²) in [4.78, 5) is 18.2. The summed E-state index contributed by atoms with van der Waals surface area (Å²) >= 11 is 5.49. The molecular formula is C11H14ClF3N2O2. The molecular weight excluding hydrogens is 285 g/mol. The average Bonchev–Trinajstić information content (AvgIpc) is 2.74. The van der Waals surface area contributed by atoms with Crippen molar-refractivity contribution in [3.63, 3.8) is 0 Å². The van der Waals surface area contributed by atoms with E-state index in [9.17, 15) is 18.0 Å². The lowest BCUT2D eigenvalue weighted by Crippen LogP contribution is -2.47. The first kappa shape index (κ1) is 14.4. The normalized spacial score (nSPS) is 22.3. The van der Waals surface area contributed by atoms with E-state index in [1.807, 2.05) is 0 Å². The molecule has 2 aliphatic heterocycles. The first-order valence-electron chi connectivity index (χ1n) is 6.02. The smallest absolute Gasteiger partial charge is 0.388 e. The lowest BCUT2D eigenvalue weighted by atomic mass is 9.86. The summed E-state index contributed by atoms with van der Waals surface area (Å²) < 4.78 is 37.5. The lowest BCUT2D eigenvalue weighted by molar-refractivity contribution is -0.136. The summed E-state index contributed by atoms with van der Waals surface area (Å²) in [5.41, 5.74) is -1.75. The summed E-state index contributed by atoms with van der Waals surface area (Å²) in [6.45, 7) is 0.771. The molecule has 4 nitrogen and oxygen atoms in total. The molecule has 8 heteroatoms. The van der Waals surface area contributed by atoms with Crippen molar-refractivity contribution < 1.29 is 22.8 Å². The van der Waals surface area contributed by atoms with Gasteiger partial charge in [-0.1, -0.05) is 5.16 Å². The van der Waals surface area contributed by atoms with Crippen molar-refractivity contribution in [3.05, 3.63) is 0 Å². The second-order valence-corrected chi connectivity index (χ2v) is 5.18. The third-order valence-electron chi connectivity index (χ3n) is 3.50. The van der Waals surface area contributed by atoms with Crippen LogP contribution in [0.15, 0.2) is 5.16 Å². The van der Waals surface area contributed by atoms with E-state index in [4.69, 9.17) is 16.4 Å². The molecule has 0 atom stereocenters. The molecule has 1 spiro atoms. The molecule has 1 fully saturated rings. The van der Waals surface area contributed by atoms with Crippen molar-refractivity contribution in [3.8, 4) is 0 Å². The van der Waals surface area contributed by atoms with Crippen LogP contribution < -0.4 is 0 Å². The fraction of sp³-hybridized carbons (Fsp3) is 0.818. The molecule has 0 unspecified atom stereocenters. The predicted octanol–water partition coefficient (Wildman–Crippen LogP) is 2.32. The quantitative estimate of drug-likeness (QED) is 0.734. The highest BCUT2D eigenvalue weighted by molar-refractivity contribution is 6.18. The van der Waals surface area contributed by atoms with E-state index < -0.39 is 17.5 Å². The van der Waals surface area contributed by atoms with Crippen LogP contribution in [0.4, 0.5) is 13.2 Å². The Labute approximate surface area is 113 Å². The summed E-state index contributed by atoms with van der Waals surface area (Å²) in [5.74, 6) is 0.179. The van der Waals surface area contributed by atoms with Gasteiger partial charge in [0, 0.05) is 44.7 Å². The molecule has 2 rings (SSSR count). The van der Waals surface area contributed by atoms with E-state index in [2.05, 4.69) is 5.16 Å². The van der Waals surface area contributed by atoms with Crippen molar-refractivity contribution in [2.24, 2.45) is 5.16 Å². The van der Waals surface area contributed by atoms with Gasteiger partial charge in [0.2, 0.25) is 5.91 Å². The van der Waals surface area contributed by atoms with E-state index in [1.165, 1.54) is 0 Å². The van der Waals surface area contributed by atoms with Gasteiger partial charge in [0.25, 0.3) is 0 Å². The Kier molecular flexibility index (Phi) is 3.94. The third kappa shape index (κ3) is 3.13. The van der Waals surface area contributed by atoms with Gasteiger partial charge < -0.3 is 9.74 Å². The van der Waals surface area contributed by atoms with Crippen LogP contribution in [0.5, 0.6) is 0 Å². The Morgan fingerprint density at radius 3 is 2.53 bits per heavy atom. The Hall–Kier alpha value is -0.980. The number of carbonyl (C=O) groups excluding carboxylic acids is 1. The van der Waals surface area contributed by atoms with Gasteiger partial charge in [0.05, 0.1) is 0 Å². The van der Waals surface area contributed by atoms with E-state index in [1.54, 1.807) is 4.90 Å². The summed E-state index contributed by atoms with van der Waals surface area (Å²) in [5, 5.41) is 3.16. The van der Waals surface area contributed by atoms with Crippen LogP contribution >= 0.6 is 11.6 Å². The molecule has 0 radical (unpaired) electrons. The van der Waals surface area contributed by atoms with E-state index in [0.29, 0.717) is 25.9 Å². The van der Waals surface area contributed by atoms with Crippen molar-refractivity contribution >= 4 is 23.2 Å². The topological polar surface area (TPSA) is 41.9 Å². The number of hydrogen-bond donors (Lipinski definition) is 0. The maximum absolute atomic E-state index is 12.5. The van der Waals surface area contributed by atoms with Crippen LogP contribution in [0, 0.1) is 0 Å². The van der Waals surface area contributed by atoms with Crippen molar-refractivity contribution in [2.45, 2.75) is 37.5 Å². The first-order chi connectivity index (χ1) is 8.86. The number of likely N-dealkylation sites (tertiary alicyclic amines) is 1. The fourth-order valence-corrected chi connectivity index (χ4v) is 2.51. The second-order valence-electron chi connectivity index (χ2n) is 4.81. The highest BCUT2D eigenvalue weighted by atomic mass is 35.5. The van der Waals surface area contributed by atoms with Crippen molar-refractivity contribution in [1.82, 2.24) is 4.90 Å². The van der Waals surface area contributed by atoms with E-state index in [0.717, 1.165) is 0 Å². The second kappa shape index (κ2) is 5.19. The lowest BCUT2D eigenvalue weighted by Gasteiger charge is -2.37. The van der Waals surface area contributed by atoms with Crippen LogP contribution in [0.3, 0.4) is 0 Å². The number of hydrogen-bond acceptors (Lipinski definition) is 3. The highest BCUT2D eigenvalue weighted by Crippen LogP contribution is 2.38. The Balaban J connectivity index is 1.90. The molecule has 0 aliphatic carbocycles. The molecule has 0 aromatic heterocycles. The standard InChI is InChI=1S/C11H14ClF3N2O2/c12-4-1-9(18)17-5-2-10(3-6-17)7-8(16-19-10)11(13,14)15/h1-7H2. The minimum absolute atomic E-state index is 0.0696. The van der Waals surface area contributed by atoms with Gasteiger partial charge in [-0.25, -0.2) is 0 Å². The van der Waals surface area contributed by atoms with Gasteiger partial charge in [-0.3, -0.25) is 4.79 Å². The number of alkyl halides is 4. The number of carbonyl (C=O) groups is 1. The average molecular weight is 299 g/mol. The number of oxime groups is 1. The first-order valence-corrected chi connectivity index (χ1v) is 6.56. The monoisotopic (exact) mass is 298 g/mol. The molecule has 0 bridgehead atoms. The number of halogens is 4. The zero-order chi connectivity index (χ0) is 14.1. The molecule has 0 saturated carbocycles. The van der Waals surface area contributed by atoms with Crippen LogP contribution in [-0.2, 0) is 9.63 Å². The van der Waals surface area contributed by atoms with Crippen LogP contribution in [0.1, 0.15) is 25.7 Å². The molecule has 19 heavy (non-hydrogen) atoms. The minimum Gasteiger partial charge on any atom is -0.388 e. The van der Waals surface area contributed by atoms with Gasteiger partial charge in [0.15, 0.2) is 5.71 Å². The minimum atomic E-state index is -4.44. The van der Waals surface area contributed by atoms with Gasteiger partial charge >= 0.3 is 6.18 Å². The third-order valence-corrected chi connectivity index (χ3v) is 3.69. The summed E-state index contributed by atoms with van der Waals surface area (Å²) in [7, 11) is 0. The van der Waals surface area contributed by atoms with Crippen LogP contribution in [0.2, 0.25) is 0 Å². The zero-order valence-corrected chi connectivity index (χ0v) is 10.9.